The van der Waals surface area contributed by atoms with Crippen LogP contribution in [0.15, 0.2) is 36.5 Å². The lowest BCUT2D eigenvalue weighted by Crippen LogP contribution is -2.47. The van der Waals surface area contributed by atoms with Gasteiger partial charge in [-0.15, -0.1) is 0 Å². The third-order valence-electron chi connectivity index (χ3n) is 5.39. The molecular formula is C23H27ClFN3O4. The van der Waals surface area contributed by atoms with Crippen molar-refractivity contribution in [2.45, 2.75) is 39.9 Å². The molecule has 2 heterocycles. The number of hydrogen-bond donors (Lipinski definition) is 1. The van der Waals surface area contributed by atoms with Crippen molar-refractivity contribution in [3.05, 3.63) is 52.9 Å². The third kappa shape index (κ3) is 5.95. The van der Waals surface area contributed by atoms with E-state index in [1.807, 2.05) is 26.8 Å². The molecule has 2 atom stereocenters. The number of benzene rings is 1. The number of Topliss-reactive ketones (excluding diaryl/α,β-unsaturated/α-hetero) is 1. The zero-order chi connectivity index (χ0) is 23.5. The van der Waals surface area contributed by atoms with Crippen molar-refractivity contribution < 1.29 is 23.5 Å². The summed E-state index contributed by atoms with van der Waals surface area (Å²) in [6, 6.07) is 7.19. The van der Waals surface area contributed by atoms with Crippen molar-refractivity contribution in [1.82, 2.24) is 9.88 Å². The van der Waals surface area contributed by atoms with E-state index in [1.54, 1.807) is 17.2 Å². The summed E-state index contributed by atoms with van der Waals surface area (Å²) in [4.78, 5) is 30.2. The van der Waals surface area contributed by atoms with Crippen LogP contribution in [-0.4, -0.2) is 47.5 Å². The van der Waals surface area contributed by atoms with Crippen molar-refractivity contribution in [3.63, 3.8) is 0 Å². The van der Waals surface area contributed by atoms with Crippen LogP contribution in [0.25, 0.3) is 0 Å². The van der Waals surface area contributed by atoms with E-state index in [9.17, 15) is 14.0 Å². The number of hydrogen-bond acceptors (Lipinski definition) is 5. The number of rotatable bonds is 6. The number of ketones is 1. The molecular weight excluding hydrogens is 437 g/mol. The lowest BCUT2D eigenvalue weighted by molar-refractivity contribution is -0.126. The molecule has 1 fully saturated rings. The zero-order valence-corrected chi connectivity index (χ0v) is 19.3. The number of halogens is 2. The van der Waals surface area contributed by atoms with Gasteiger partial charge in [0.25, 0.3) is 0 Å². The number of nitrogens with zero attached hydrogens (tertiary/aromatic N) is 2. The Kier molecular flexibility index (Phi) is 7.36. The van der Waals surface area contributed by atoms with Gasteiger partial charge in [0, 0.05) is 29.4 Å². The Morgan fingerprint density at radius 2 is 2.06 bits per heavy atom. The molecule has 32 heavy (non-hydrogen) atoms. The highest BCUT2D eigenvalue weighted by molar-refractivity contribution is 6.30. The molecule has 1 N–H and O–H groups in total. The Hall–Kier alpha value is -2.71. The van der Waals surface area contributed by atoms with Crippen LogP contribution in [0.1, 0.15) is 39.4 Å². The van der Waals surface area contributed by atoms with Gasteiger partial charge in [-0.05, 0) is 52.0 Å². The van der Waals surface area contributed by atoms with E-state index in [1.165, 1.54) is 19.1 Å². The summed E-state index contributed by atoms with van der Waals surface area (Å²) in [7, 11) is 0. The summed E-state index contributed by atoms with van der Waals surface area (Å²) in [5.74, 6) is -0.160. The monoisotopic (exact) mass is 463 g/mol. The van der Waals surface area contributed by atoms with Gasteiger partial charge in [-0.25, -0.2) is 14.2 Å². The molecule has 1 saturated heterocycles. The molecule has 3 rings (SSSR count). The van der Waals surface area contributed by atoms with Crippen molar-refractivity contribution >= 4 is 29.1 Å². The van der Waals surface area contributed by atoms with Gasteiger partial charge in [-0.3, -0.25) is 4.79 Å². The molecule has 0 spiro atoms. The lowest BCUT2D eigenvalue weighted by Gasteiger charge is -2.36. The first kappa shape index (κ1) is 23.9. The highest BCUT2D eigenvalue weighted by atomic mass is 35.5. The van der Waals surface area contributed by atoms with Crippen LogP contribution in [0, 0.1) is 11.2 Å². The molecule has 0 bridgehead atoms. The van der Waals surface area contributed by atoms with Gasteiger partial charge in [-0.2, -0.15) is 0 Å². The normalized spacial score (nSPS) is 18.9. The third-order valence-corrected chi connectivity index (χ3v) is 5.62. The number of aromatic nitrogens is 1. The van der Waals surface area contributed by atoms with Crippen LogP contribution >= 0.6 is 11.6 Å². The first-order valence-electron chi connectivity index (χ1n) is 10.3. The second kappa shape index (κ2) is 9.83. The largest absolute Gasteiger partial charge is 0.477 e. The van der Waals surface area contributed by atoms with Gasteiger partial charge in [0.15, 0.2) is 0 Å². The van der Waals surface area contributed by atoms with Gasteiger partial charge in [0.2, 0.25) is 5.88 Å². The first-order chi connectivity index (χ1) is 15.0. The second-order valence-electron chi connectivity index (χ2n) is 8.55. The number of nitrogens with one attached hydrogen (secondary N) is 1. The van der Waals surface area contributed by atoms with Crippen molar-refractivity contribution in [1.29, 1.82) is 0 Å². The van der Waals surface area contributed by atoms with Crippen LogP contribution in [0.5, 0.6) is 5.88 Å². The predicted octanol–water partition coefficient (Wildman–Crippen LogP) is 4.86. The molecule has 1 aromatic heterocycles. The molecule has 1 aliphatic rings. The van der Waals surface area contributed by atoms with Crippen molar-refractivity contribution in [2.24, 2.45) is 5.41 Å². The van der Waals surface area contributed by atoms with Crippen LogP contribution in [-0.2, 0) is 9.53 Å². The summed E-state index contributed by atoms with van der Waals surface area (Å²) in [5.41, 5.74) is 0.247. The van der Waals surface area contributed by atoms with Gasteiger partial charge in [-0.1, -0.05) is 11.6 Å². The maximum Gasteiger partial charge on any atom is 0.322 e. The summed E-state index contributed by atoms with van der Waals surface area (Å²) >= 11 is 5.77. The zero-order valence-electron chi connectivity index (χ0n) is 18.5. The molecule has 0 radical (unpaired) electrons. The Balaban J connectivity index is 1.64. The fraction of sp³-hybridized carbons (Fsp3) is 0.435. The molecule has 9 heteroatoms. The highest BCUT2D eigenvalue weighted by Gasteiger charge is 2.30. The number of amides is 2. The van der Waals surface area contributed by atoms with Crippen molar-refractivity contribution in [2.75, 3.05) is 25.0 Å². The molecule has 1 aromatic carbocycles. The number of pyridine rings is 1. The van der Waals surface area contributed by atoms with Crippen LogP contribution < -0.4 is 10.1 Å². The molecule has 1 aliphatic heterocycles. The molecule has 0 saturated carbocycles. The molecule has 2 aromatic rings. The van der Waals surface area contributed by atoms with E-state index in [0.717, 1.165) is 11.6 Å². The topological polar surface area (TPSA) is 80.8 Å². The summed E-state index contributed by atoms with van der Waals surface area (Å²) in [6.45, 7) is 7.90. The average Bonchev–Trinajstić information content (AvgIpc) is 2.74. The van der Waals surface area contributed by atoms with Crippen LogP contribution in [0.2, 0.25) is 5.02 Å². The molecule has 1 unspecified atom stereocenters. The van der Waals surface area contributed by atoms with Crippen LogP contribution in [0.3, 0.4) is 0 Å². The Labute approximate surface area is 191 Å². The minimum absolute atomic E-state index is 0.0376. The van der Waals surface area contributed by atoms with Crippen LogP contribution in [0.4, 0.5) is 14.9 Å². The number of urea groups is 1. The smallest absolute Gasteiger partial charge is 0.322 e. The molecule has 172 valence electrons. The summed E-state index contributed by atoms with van der Waals surface area (Å²) < 4.78 is 25.7. The predicted molar refractivity (Wildman–Crippen MR) is 119 cm³/mol. The van der Waals surface area contributed by atoms with Gasteiger partial charge >= 0.3 is 6.03 Å². The van der Waals surface area contributed by atoms with E-state index in [-0.39, 0.29) is 35.7 Å². The fourth-order valence-corrected chi connectivity index (χ4v) is 3.27. The number of ether oxygens (including phenoxy) is 2. The van der Waals surface area contributed by atoms with E-state index in [4.69, 9.17) is 21.1 Å². The van der Waals surface area contributed by atoms with Gasteiger partial charge < -0.3 is 19.7 Å². The maximum atomic E-state index is 14.0. The minimum Gasteiger partial charge on any atom is -0.477 e. The second-order valence-corrected chi connectivity index (χ2v) is 8.99. The quantitative estimate of drug-likeness (QED) is 0.661. The number of carbonyl (C=O) groups is 2. The number of morpholine rings is 1. The lowest BCUT2D eigenvalue weighted by atomic mass is 9.90. The molecule has 0 aliphatic carbocycles. The summed E-state index contributed by atoms with van der Waals surface area (Å²) in [5, 5.41) is 2.84. The van der Waals surface area contributed by atoms with E-state index >= 15 is 0 Å². The van der Waals surface area contributed by atoms with Gasteiger partial charge in [0.1, 0.15) is 24.3 Å². The van der Waals surface area contributed by atoms with Crippen molar-refractivity contribution in [3.8, 4) is 5.88 Å². The Morgan fingerprint density at radius 3 is 2.69 bits per heavy atom. The standard InChI is InChI=1S/C23H27ClFN3O4/c1-14-11-28(22(30)27-19-7-6-17(24)9-18(19)25)12-20(32-14)16-5-8-21(26-10-16)31-13-23(3,4)15(2)29/h5-10,14,20H,11-13H2,1-4H3,(H,27,30)/t14-,20?/m1/s1. The molecule has 7 nitrogen and oxygen atoms in total. The van der Waals surface area contributed by atoms with E-state index < -0.39 is 23.4 Å². The highest BCUT2D eigenvalue weighted by Crippen LogP contribution is 2.27. The number of anilines is 1. The summed E-state index contributed by atoms with van der Waals surface area (Å²) in [6.07, 6.45) is 1.02. The fourth-order valence-electron chi connectivity index (χ4n) is 3.11. The van der Waals surface area contributed by atoms with E-state index in [2.05, 4.69) is 10.3 Å². The van der Waals surface area contributed by atoms with Gasteiger partial charge in [0.05, 0.1) is 23.8 Å². The minimum atomic E-state index is -0.601. The Bertz CT molecular complexity index is 984. The molecule has 2 amide bonds. The SMILES string of the molecule is CC(=O)C(C)(C)COc1ccc(C2CN(C(=O)Nc3ccc(Cl)cc3F)C[C@@H](C)O2)cn1. The number of carbonyl (C=O) groups excluding carboxylic acids is 2. The average molecular weight is 464 g/mol. The Morgan fingerprint density at radius 1 is 1.31 bits per heavy atom. The first-order valence-corrected chi connectivity index (χ1v) is 10.7. The van der Waals surface area contributed by atoms with E-state index in [0.29, 0.717) is 12.4 Å². The maximum absolute atomic E-state index is 14.0.